The maximum absolute atomic E-state index is 13.7. The predicted molar refractivity (Wildman–Crippen MR) is 136 cm³/mol. The zero-order valence-electron chi connectivity index (χ0n) is 19.8. The number of fused-ring (bicyclic) bond motifs is 1. The second kappa shape index (κ2) is 10.6. The maximum atomic E-state index is 13.7. The van der Waals surface area contributed by atoms with Gasteiger partial charge in [0.2, 0.25) is 0 Å². The van der Waals surface area contributed by atoms with Crippen LogP contribution in [0, 0.1) is 0 Å². The van der Waals surface area contributed by atoms with Gasteiger partial charge in [0.05, 0.1) is 35.6 Å². The fourth-order valence-electron chi connectivity index (χ4n) is 3.91. The number of hydrogen-bond donors (Lipinski definition) is 0. The van der Waals surface area contributed by atoms with Gasteiger partial charge in [-0.2, -0.15) is 0 Å². The molecule has 1 aromatic heterocycles. The SMILES string of the molecule is C=CCOc1ccccc1/C=c1\sc2n(c1=O)[C@H](c1ccc(OC)cc1)C(C(=O)OCC)=C(C)N=2. The van der Waals surface area contributed by atoms with Crippen LogP contribution < -0.4 is 24.4 Å². The number of hydrogen-bond acceptors (Lipinski definition) is 7. The number of methoxy groups -OCH3 is 1. The molecule has 1 atom stereocenters. The van der Waals surface area contributed by atoms with Crippen LogP contribution in [0.2, 0.25) is 0 Å². The molecule has 0 N–H and O–H groups in total. The lowest BCUT2D eigenvalue weighted by Crippen LogP contribution is -2.39. The van der Waals surface area contributed by atoms with Crippen molar-refractivity contribution in [3.05, 3.63) is 103 Å². The van der Waals surface area contributed by atoms with E-state index in [4.69, 9.17) is 14.2 Å². The van der Waals surface area contributed by atoms with Gasteiger partial charge in [-0.25, -0.2) is 9.79 Å². The Kier molecular flexibility index (Phi) is 7.31. The minimum absolute atomic E-state index is 0.219. The Hall–Kier alpha value is -3.91. The second-order valence-corrected chi connectivity index (χ2v) is 8.72. The third-order valence-corrected chi connectivity index (χ3v) is 6.49. The first-order valence-electron chi connectivity index (χ1n) is 11.1. The number of carbonyl (C=O) groups excluding carboxylic acids is 1. The van der Waals surface area contributed by atoms with Crippen LogP contribution >= 0.6 is 11.3 Å². The monoisotopic (exact) mass is 490 g/mol. The summed E-state index contributed by atoms with van der Waals surface area (Å²) >= 11 is 1.27. The molecule has 0 unspecified atom stereocenters. The summed E-state index contributed by atoms with van der Waals surface area (Å²) in [6.45, 7) is 7.77. The third kappa shape index (κ3) is 4.83. The van der Waals surface area contributed by atoms with Crippen molar-refractivity contribution in [3.8, 4) is 11.5 Å². The van der Waals surface area contributed by atoms with Gasteiger partial charge in [0.15, 0.2) is 4.80 Å². The first kappa shape index (κ1) is 24.2. The van der Waals surface area contributed by atoms with Crippen LogP contribution in [0.3, 0.4) is 0 Å². The van der Waals surface area contributed by atoms with Gasteiger partial charge in [0.1, 0.15) is 18.1 Å². The van der Waals surface area contributed by atoms with Crippen LogP contribution in [0.4, 0.5) is 0 Å². The standard InChI is InChI=1S/C27H26N2O5S/c1-5-15-34-21-10-8-7-9-19(21)16-22-25(30)29-24(18-11-13-20(32-4)14-12-18)23(26(31)33-6-2)17(3)28-27(29)35-22/h5,7-14,16,24H,1,6,15H2,2-4H3/b22-16-/t24-/m1/s1. The topological polar surface area (TPSA) is 79.1 Å². The van der Waals surface area contributed by atoms with Crippen molar-refractivity contribution in [3.63, 3.8) is 0 Å². The van der Waals surface area contributed by atoms with E-state index < -0.39 is 12.0 Å². The summed E-state index contributed by atoms with van der Waals surface area (Å²) in [6, 6.07) is 14.1. The van der Waals surface area contributed by atoms with E-state index in [9.17, 15) is 9.59 Å². The van der Waals surface area contributed by atoms with E-state index in [0.29, 0.717) is 38.7 Å². The molecule has 0 saturated heterocycles. The number of benzene rings is 2. The normalized spacial score (nSPS) is 15.3. The molecule has 0 spiro atoms. The summed E-state index contributed by atoms with van der Waals surface area (Å²) in [5.41, 5.74) is 2.13. The summed E-state index contributed by atoms with van der Waals surface area (Å²) < 4.78 is 18.4. The molecule has 4 rings (SSSR count). The summed E-state index contributed by atoms with van der Waals surface area (Å²) in [5.74, 6) is 0.830. The van der Waals surface area contributed by atoms with E-state index in [1.54, 1.807) is 49.8 Å². The molecule has 2 heterocycles. The molecule has 35 heavy (non-hydrogen) atoms. The summed E-state index contributed by atoms with van der Waals surface area (Å²) in [7, 11) is 1.59. The molecule has 0 radical (unpaired) electrons. The van der Waals surface area contributed by atoms with Crippen LogP contribution in [-0.2, 0) is 9.53 Å². The molecule has 0 bridgehead atoms. The molecule has 0 amide bonds. The molecular formula is C27H26N2O5S. The highest BCUT2D eigenvalue weighted by Crippen LogP contribution is 2.31. The second-order valence-electron chi connectivity index (χ2n) is 7.71. The predicted octanol–water partition coefficient (Wildman–Crippen LogP) is 3.37. The van der Waals surface area contributed by atoms with Crippen molar-refractivity contribution < 1.29 is 19.0 Å². The van der Waals surface area contributed by atoms with Crippen molar-refractivity contribution in [2.45, 2.75) is 19.9 Å². The lowest BCUT2D eigenvalue weighted by molar-refractivity contribution is -0.139. The quantitative estimate of drug-likeness (QED) is 0.357. The first-order valence-corrected chi connectivity index (χ1v) is 12.0. The molecule has 7 nitrogen and oxygen atoms in total. The Balaban J connectivity index is 1.91. The zero-order chi connectivity index (χ0) is 24.9. The van der Waals surface area contributed by atoms with Crippen LogP contribution in [0.15, 0.2) is 82.2 Å². The molecule has 2 aromatic carbocycles. The largest absolute Gasteiger partial charge is 0.497 e. The van der Waals surface area contributed by atoms with Crippen molar-refractivity contribution in [2.24, 2.45) is 4.99 Å². The van der Waals surface area contributed by atoms with Crippen molar-refractivity contribution in [1.29, 1.82) is 0 Å². The summed E-state index contributed by atoms with van der Waals surface area (Å²) in [4.78, 5) is 31.8. The molecule has 0 fully saturated rings. The molecule has 0 aliphatic carbocycles. The van der Waals surface area contributed by atoms with Gasteiger partial charge in [0.25, 0.3) is 5.56 Å². The van der Waals surface area contributed by atoms with Gasteiger partial charge < -0.3 is 14.2 Å². The molecule has 8 heteroatoms. The fraction of sp³-hybridized carbons (Fsp3) is 0.222. The van der Waals surface area contributed by atoms with Gasteiger partial charge in [-0.15, -0.1) is 0 Å². The number of carbonyl (C=O) groups is 1. The Bertz CT molecular complexity index is 1460. The van der Waals surface area contributed by atoms with E-state index in [-0.39, 0.29) is 12.2 Å². The van der Waals surface area contributed by atoms with Crippen LogP contribution in [0.25, 0.3) is 6.08 Å². The van der Waals surface area contributed by atoms with Crippen molar-refractivity contribution in [2.75, 3.05) is 20.3 Å². The van der Waals surface area contributed by atoms with Gasteiger partial charge in [-0.05, 0) is 43.7 Å². The highest BCUT2D eigenvalue weighted by atomic mass is 32.1. The van der Waals surface area contributed by atoms with E-state index in [2.05, 4.69) is 11.6 Å². The molecule has 3 aromatic rings. The molecule has 180 valence electrons. The average Bonchev–Trinajstić information content (AvgIpc) is 3.17. The van der Waals surface area contributed by atoms with Crippen LogP contribution in [-0.4, -0.2) is 30.9 Å². The number of para-hydroxylation sites is 1. The van der Waals surface area contributed by atoms with E-state index in [0.717, 1.165) is 11.1 Å². The Morgan fingerprint density at radius 1 is 1.20 bits per heavy atom. The maximum Gasteiger partial charge on any atom is 0.338 e. The van der Waals surface area contributed by atoms with Gasteiger partial charge >= 0.3 is 5.97 Å². The molecule has 0 saturated carbocycles. The lowest BCUT2D eigenvalue weighted by atomic mass is 9.96. The lowest BCUT2D eigenvalue weighted by Gasteiger charge is -2.24. The van der Waals surface area contributed by atoms with Crippen molar-refractivity contribution >= 4 is 23.4 Å². The van der Waals surface area contributed by atoms with E-state index >= 15 is 0 Å². The Morgan fingerprint density at radius 2 is 1.94 bits per heavy atom. The van der Waals surface area contributed by atoms with E-state index in [1.165, 1.54) is 11.3 Å². The zero-order valence-corrected chi connectivity index (χ0v) is 20.6. The minimum atomic E-state index is -0.675. The number of thiazole rings is 1. The average molecular weight is 491 g/mol. The van der Waals surface area contributed by atoms with Gasteiger partial charge in [-0.3, -0.25) is 9.36 Å². The van der Waals surface area contributed by atoms with E-state index in [1.807, 2.05) is 36.4 Å². The summed E-state index contributed by atoms with van der Waals surface area (Å²) in [5, 5.41) is 0. The number of ether oxygens (including phenoxy) is 3. The molecular weight excluding hydrogens is 464 g/mol. The Labute approximate surface area is 206 Å². The van der Waals surface area contributed by atoms with Gasteiger partial charge in [-0.1, -0.05) is 54.3 Å². The fourth-order valence-corrected chi connectivity index (χ4v) is 4.95. The van der Waals surface area contributed by atoms with Gasteiger partial charge in [0, 0.05) is 5.56 Å². The minimum Gasteiger partial charge on any atom is -0.497 e. The molecule has 1 aliphatic heterocycles. The number of aromatic nitrogens is 1. The number of esters is 1. The highest BCUT2D eigenvalue weighted by molar-refractivity contribution is 7.07. The first-order chi connectivity index (χ1) is 17.0. The molecule has 1 aliphatic rings. The smallest absolute Gasteiger partial charge is 0.338 e. The third-order valence-electron chi connectivity index (χ3n) is 5.51. The van der Waals surface area contributed by atoms with Crippen molar-refractivity contribution in [1.82, 2.24) is 4.57 Å². The highest BCUT2D eigenvalue weighted by Gasteiger charge is 2.33. The van der Waals surface area contributed by atoms with Crippen LogP contribution in [0.1, 0.15) is 31.0 Å². The number of nitrogens with zero attached hydrogens (tertiary/aromatic N) is 2. The number of rotatable bonds is 8. The Morgan fingerprint density at radius 3 is 2.63 bits per heavy atom. The summed E-state index contributed by atoms with van der Waals surface area (Å²) in [6.07, 6.45) is 3.45. The number of allylic oxidation sites excluding steroid dienone is 1. The van der Waals surface area contributed by atoms with Crippen LogP contribution in [0.5, 0.6) is 11.5 Å².